The minimum absolute atomic E-state index is 0.0503. The van der Waals surface area contributed by atoms with Crippen LogP contribution in [0.2, 0.25) is 0 Å². The van der Waals surface area contributed by atoms with E-state index in [0.717, 1.165) is 5.56 Å². The molecule has 0 aliphatic carbocycles. The van der Waals surface area contributed by atoms with E-state index in [-0.39, 0.29) is 11.6 Å². The molecule has 1 N–H and O–H groups in total. The number of non-ortho nitro benzene ring substituents is 1. The molecule has 1 aromatic carbocycles. The second-order valence-corrected chi connectivity index (χ2v) is 4.98. The highest BCUT2D eigenvalue weighted by Crippen LogP contribution is 2.12. The fourth-order valence-electron chi connectivity index (χ4n) is 2.13. The second-order valence-electron chi connectivity index (χ2n) is 4.98. The Morgan fingerprint density at radius 1 is 1.21 bits per heavy atom. The van der Waals surface area contributed by atoms with Crippen molar-refractivity contribution in [2.75, 3.05) is 0 Å². The van der Waals surface area contributed by atoms with Crippen LogP contribution in [0, 0.1) is 10.1 Å². The average molecular weight is 323 g/mol. The van der Waals surface area contributed by atoms with Gasteiger partial charge in [0, 0.05) is 42.8 Å². The van der Waals surface area contributed by atoms with Crippen LogP contribution in [0.25, 0.3) is 5.82 Å². The Hall–Kier alpha value is -3.55. The Morgan fingerprint density at radius 3 is 2.67 bits per heavy atom. The van der Waals surface area contributed by atoms with Crippen molar-refractivity contribution in [1.82, 2.24) is 19.9 Å². The first kappa shape index (κ1) is 15.3. The molecule has 3 aromatic rings. The van der Waals surface area contributed by atoms with E-state index >= 15 is 0 Å². The number of imidazole rings is 1. The summed E-state index contributed by atoms with van der Waals surface area (Å²) in [4.78, 5) is 30.4. The average Bonchev–Trinajstić information content (AvgIpc) is 3.15. The molecule has 0 atom stereocenters. The number of benzene rings is 1. The quantitative estimate of drug-likeness (QED) is 0.572. The highest BCUT2D eigenvalue weighted by atomic mass is 16.6. The van der Waals surface area contributed by atoms with Crippen molar-refractivity contribution >= 4 is 11.6 Å². The summed E-state index contributed by atoms with van der Waals surface area (Å²) in [6.07, 6.45) is 6.73. The fraction of sp³-hybridized carbons (Fsp3) is 0.0625. The summed E-state index contributed by atoms with van der Waals surface area (Å²) >= 11 is 0. The van der Waals surface area contributed by atoms with Crippen LogP contribution < -0.4 is 5.32 Å². The van der Waals surface area contributed by atoms with Crippen LogP contribution in [-0.4, -0.2) is 25.4 Å². The van der Waals surface area contributed by atoms with Gasteiger partial charge in [0.25, 0.3) is 11.6 Å². The van der Waals surface area contributed by atoms with Crippen molar-refractivity contribution < 1.29 is 9.72 Å². The lowest BCUT2D eigenvalue weighted by Gasteiger charge is -2.07. The van der Waals surface area contributed by atoms with Crippen LogP contribution in [0.5, 0.6) is 0 Å². The number of amides is 1. The van der Waals surface area contributed by atoms with Crippen LogP contribution in [0.1, 0.15) is 15.9 Å². The number of nitrogens with one attached hydrogen (secondary N) is 1. The molecule has 1 amide bonds. The zero-order chi connectivity index (χ0) is 16.9. The SMILES string of the molecule is O=C(NCc1ccnc(-n2ccnc2)c1)c1ccc([N+](=O)[O-])cc1. The lowest BCUT2D eigenvalue weighted by molar-refractivity contribution is -0.384. The molecule has 2 heterocycles. The normalized spacial score (nSPS) is 10.3. The van der Waals surface area contributed by atoms with Gasteiger partial charge in [0.1, 0.15) is 12.1 Å². The van der Waals surface area contributed by atoms with Crippen molar-refractivity contribution in [3.8, 4) is 5.82 Å². The number of nitro benzene ring substituents is 1. The van der Waals surface area contributed by atoms with Crippen LogP contribution in [0.4, 0.5) is 5.69 Å². The lowest BCUT2D eigenvalue weighted by atomic mass is 10.2. The van der Waals surface area contributed by atoms with Gasteiger partial charge in [0.15, 0.2) is 0 Å². The molecule has 0 unspecified atom stereocenters. The molecule has 120 valence electrons. The van der Waals surface area contributed by atoms with E-state index in [0.29, 0.717) is 17.9 Å². The Bertz CT molecular complexity index is 860. The lowest BCUT2D eigenvalue weighted by Crippen LogP contribution is -2.22. The van der Waals surface area contributed by atoms with E-state index < -0.39 is 4.92 Å². The first-order valence-corrected chi connectivity index (χ1v) is 7.09. The molecular formula is C16H13N5O3. The summed E-state index contributed by atoms with van der Waals surface area (Å²) in [7, 11) is 0. The molecule has 24 heavy (non-hydrogen) atoms. The molecule has 8 heteroatoms. The Balaban J connectivity index is 1.66. The molecule has 0 radical (unpaired) electrons. The number of hydrogen-bond acceptors (Lipinski definition) is 5. The van der Waals surface area contributed by atoms with E-state index in [9.17, 15) is 14.9 Å². The van der Waals surface area contributed by atoms with E-state index in [1.165, 1.54) is 24.3 Å². The number of rotatable bonds is 5. The van der Waals surface area contributed by atoms with Gasteiger partial charge in [-0.25, -0.2) is 9.97 Å². The maximum atomic E-state index is 12.1. The highest BCUT2D eigenvalue weighted by molar-refractivity contribution is 5.94. The van der Waals surface area contributed by atoms with E-state index in [4.69, 9.17) is 0 Å². The van der Waals surface area contributed by atoms with Crippen molar-refractivity contribution in [3.63, 3.8) is 0 Å². The van der Waals surface area contributed by atoms with Gasteiger partial charge in [0.2, 0.25) is 0 Å². The summed E-state index contributed by atoms with van der Waals surface area (Å²) in [6.45, 7) is 0.319. The van der Waals surface area contributed by atoms with Gasteiger partial charge in [-0.15, -0.1) is 0 Å². The number of carbonyl (C=O) groups is 1. The monoisotopic (exact) mass is 323 g/mol. The van der Waals surface area contributed by atoms with Crippen molar-refractivity contribution in [3.05, 3.63) is 82.6 Å². The molecule has 0 aliphatic rings. The number of nitrogens with zero attached hydrogens (tertiary/aromatic N) is 4. The Morgan fingerprint density at radius 2 is 2.00 bits per heavy atom. The zero-order valence-corrected chi connectivity index (χ0v) is 12.5. The van der Waals surface area contributed by atoms with Crippen LogP contribution >= 0.6 is 0 Å². The first-order chi connectivity index (χ1) is 11.6. The molecule has 0 fully saturated rings. The van der Waals surface area contributed by atoms with E-state index in [1.807, 2.05) is 6.07 Å². The van der Waals surface area contributed by atoms with Gasteiger partial charge in [-0.2, -0.15) is 0 Å². The summed E-state index contributed by atoms with van der Waals surface area (Å²) in [5.74, 6) is 0.403. The summed E-state index contributed by atoms with van der Waals surface area (Å²) in [5, 5.41) is 13.4. The van der Waals surface area contributed by atoms with Crippen LogP contribution in [-0.2, 0) is 6.54 Å². The topological polar surface area (TPSA) is 103 Å². The molecule has 0 saturated carbocycles. The fourth-order valence-corrected chi connectivity index (χ4v) is 2.13. The molecular weight excluding hydrogens is 310 g/mol. The third-order valence-corrected chi connectivity index (χ3v) is 3.37. The van der Waals surface area contributed by atoms with Crippen LogP contribution in [0.15, 0.2) is 61.3 Å². The molecule has 0 saturated heterocycles. The maximum Gasteiger partial charge on any atom is 0.269 e. The molecule has 0 spiro atoms. The second kappa shape index (κ2) is 6.69. The Labute approximate surface area is 136 Å². The van der Waals surface area contributed by atoms with Crippen molar-refractivity contribution in [2.45, 2.75) is 6.54 Å². The number of nitro groups is 1. The van der Waals surface area contributed by atoms with Crippen molar-refractivity contribution in [2.24, 2.45) is 0 Å². The summed E-state index contributed by atoms with van der Waals surface area (Å²) < 4.78 is 1.77. The molecule has 0 bridgehead atoms. The Kier molecular flexibility index (Phi) is 4.28. The van der Waals surface area contributed by atoms with Gasteiger partial charge in [-0.3, -0.25) is 19.5 Å². The number of hydrogen-bond donors (Lipinski definition) is 1. The van der Waals surface area contributed by atoms with E-state index in [1.54, 1.807) is 35.6 Å². The highest BCUT2D eigenvalue weighted by Gasteiger charge is 2.09. The number of pyridine rings is 1. The minimum atomic E-state index is -0.504. The predicted octanol–water partition coefficient (Wildman–Crippen LogP) is 2.11. The molecule has 0 aliphatic heterocycles. The number of carbonyl (C=O) groups excluding carboxylic acids is 1. The van der Waals surface area contributed by atoms with Gasteiger partial charge in [-0.1, -0.05) is 0 Å². The summed E-state index contributed by atoms with van der Waals surface area (Å²) in [6, 6.07) is 9.11. The first-order valence-electron chi connectivity index (χ1n) is 7.09. The maximum absolute atomic E-state index is 12.1. The summed E-state index contributed by atoms with van der Waals surface area (Å²) in [5.41, 5.74) is 1.19. The van der Waals surface area contributed by atoms with Gasteiger partial charge < -0.3 is 5.32 Å². The third kappa shape index (κ3) is 3.43. The minimum Gasteiger partial charge on any atom is -0.348 e. The van der Waals surface area contributed by atoms with Crippen molar-refractivity contribution in [1.29, 1.82) is 0 Å². The standard InChI is InChI=1S/C16H13N5O3/c22-16(13-1-3-14(4-2-13)21(23)24)19-10-12-5-6-18-15(9-12)20-8-7-17-11-20/h1-9,11H,10H2,(H,19,22). The van der Waals surface area contributed by atoms with Gasteiger partial charge in [0.05, 0.1) is 4.92 Å². The molecule has 3 rings (SSSR count). The van der Waals surface area contributed by atoms with Crippen LogP contribution in [0.3, 0.4) is 0 Å². The zero-order valence-electron chi connectivity index (χ0n) is 12.5. The molecule has 8 nitrogen and oxygen atoms in total. The smallest absolute Gasteiger partial charge is 0.269 e. The van der Waals surface area contributed by atoms with Gasteiger partial charge >= 0.3 is 0 Å². The molecule has 2 aromatic heterocycles. The number of aromatic nitrogens is 3. The predicted molar refractivity (Wildman–Crippen MR) is 85.6 cm³/mol. The largest absolute Gasteiger partial charge is 0.348 e. The van der Waals surface area contributed by atoms with Gasteiger partial charge in [-0.05, 0) is 29.8 Å². The van der Waals surface area contributed by atoms with E-state index in [2.05, 4.69) is 15.3 Å². The third-order valence-electron chi connectivity index (χ3n) is 3.37.